The lowest BCUT2D eigenvalue weighted by Gasteiger charge is -2.38. The van der Waals surface area contributed by atoms with Crippen LogP contribution in [0.4, 0.5) is 10.5 Å². The highest BCUT2D eigenvalue weighted by Crippen LogP contribution is 2.30. The van der Waals surface area contributed by atoms with E-state index in [9.17, 15) is 14.7 Å². The zero-order valence-corrected chi connectivity index (χ0v) is 17.1. The van der Waals surface area contributed by atoms with Crippen molar-refractivity contribution < 1.29 is 14.7 Å². The van der Waals surface area contributed by atoms with Gasteiger partial charge in [0.1, 0.15) is 0 Å². The summed E-state index contributed by atoms with van der Waals surface area (Å²) in [5.41, 5.74) is 9.13. The van der Waals surface area contributed by atoms with E-state index in [2.05, 4.69) is 4.98 Å². The number of nitrogens with zero attached hydrogens (tertiary/aromatic N) is 3. The minimum atomic E-state index is -0.965. The summed E-state index contributed by atoms with van der Waals surface area (Å²) in [5.74, 6) is -0.152. The molecule has 0 spiro atoms. The van der Waals surface area contributed by atoms with Crippen molar-refractivity contribution in [3.63, 3.8) is 0 Å². The predicted molar refractivity (Wildman–Crippen MR) is 117 cm³/mol. The molecule has 0 bridgehead atoms. The van der Waals surface area contributed by atoms with E-state index in [1.807, 2.05) is 18.2 Å². The van der Waals surface area contributed by atoms with Crippen LogP contribution in [0.3, 0.4) is 0 Å². The molecule has 1 atom stereocenters. The van der Waals surface area contributed by atoms with Crippen LogP contribution in [0.15, 0.2) is 48.5 Å². The Morgan fingerprint density at radius 1 is 1.17 bits per heavy atom. The fourth-order valence-corrected chi connectivity index (χ4v) is 4.04. The third-order valence-electron chi connectivity index (χ3n) is 5.35. The second-order valence-electron chi connectivity index (χ2n) is 7.42. The standard InChI is InChI=1S/C22H21ClN4O3/c1-13-12-26(7-8-27(13)22(29)30)21(28)15-5-6-17-18(23)11-19(25-20(17)10-15)14-3-2-4-16(24)9-14/h2-6,9-11,13H,7-8,12,24H2,1H3,(H,29,30)/t13-/m1/s1. The van der Waals surface area contributed by atoms with Crippen LogP contribution in [0.2, 0.25) is 5.02 Å². The first-order chi connectivity index (χ1) is 14.3. The maximum absolute atomic E-state index is 13.0. The molecule has 1 aromatic heterocycles. The van der Waals surface area contributed by atoms with Gasteiger partial charge in [-0.15, -0.1) is 0 Å². The number of hydrogen-bond acceptors (Lipinski definition) is 4. The van der Waals surface area contributed by atoms with Gasteiger partial charge in [0, 0.05) is 47.9 Å². The molecule has 2 heterocycles. The number of amides is 2. The van der Waals surface area contributed by atoms with Crippen LogP contribution in [-0.2, 0) is 0 Å². The van der Waals surface area contributed by atoms with E-state index in [-0.39, 0.29) is 11.9 Å². The Morgan fingerprint density at radius 2 is 1.97 bits per heavy atom. The van der Waals surface area contributed by atoms with Crippen molar-refractivity contribution in [3.05, 3.63) is 59.1 Å². The zero-order valence-electron chi connectivity index (χ0n) is 16.4. The van der Waals surface area contributed by atoms with Crippen LogP contribution in [0.1, 0.15) is 17.3 Å². The van der Waals surface area contributed by atoms with Gasteiger partial charge in [0.05, 0.1) is 16.2 Å². The number of aromatic nitrogens is 1. The van der Waals surface area contributed by atoms with Gasteiger partial charge in [0.25, 0.3) is 5.91 Å². The Hall–Kier alpha value is -3.32. The molecule has 0 saturated carbocycles. The molecule has 1 saturated heterocycles. The number of carbonyl (C=O) groups excluding carboxylic acids is 1. The Labute approximate surface area is 178 Å². The molecule has 154 valence electrons. The number of halogens is 1. The molecule has 0 unspecified atom stereocenters. The number of fused-ring (bicyclic) bond motifs is 1. The van der Waals surface area contributed by atoms with Crippen molar-refractivity contribution in [2.75, 3.05) is 25.4 Å². The largest absolute Gasteiger partial charge is 0.465 e. The first kappa shape index (κ1) is 20.0. The minimum Gasteiger partial charge on any atom is -0.465 e. The van der Waals surface area contributed by atoms with Gasteiger partial charge >= 0.3 is 6.09 Å². The Balaban J connectivity index is 1.66. The van der Waals surface area contributed by atoms with E-state index < -0.39 is 6.09 Å². The lowest BCUT2D eigenvalue weighted by Crippen LogP contribution is -2.55. The van der Waals surface area contributed by atoms with Crippen LogP contribution >= 0.6 is 11.6 Å². The number of carboxylic acid groups (broad SMARTS) is 1. The van der Waals surface area contributed by atoms with Crippen molar-refractivity contribution in [1.82, 2.24) is 14.8 Å². The third kappa shape index (κ3) is 3.76. The molecule has 7 nitrogen and oxygen atoms in total. The lowest BCUT2D eigenvalue weighted by molar-refractivity contribution is 0.0507. The zero-order chi connectivity index (χ0) is 21.4. The van der Waals surface area contributed by atoms with Crippen LogP contribution in [-0.4, -0.2) is 57.6 Å². The molecule has 0 radical (unpaired) electrons. The van der Waals surface area contributed by atoms with E-state index in [4.69, 9.17) is 17.3 Å². The van der Waals surface area contributed by atoms with Crippen molar-refractivity contribution in [2.45, 2.75) is 13.0 Å². The van der Waals surface area contributed by atoms with E-state index in [0.717, 1.165) is 10.9 Å². The third-order valence-corrected chi connectivity index (χ3v) is 5.66. The highest BCUT2D eigenvalue weighted by Gasteiger charge is 2.30. The van der Waals surface area contributed by atoms with Gasteiger partial charge in [0.2, 0.25) is 0 Å². The highest BCUT2D eigenvalue weighted by atomic mass is 35.5. The molecule has 3 N–H and O–H groups in total. The fraction of sp³-hybridized carbons (Fsp3) is 0.227. The molecule has 1 aliphatic rings. The number of nitrogens with two attached hydrogens (primary N) is 1. The Bertz CT molecular complexity index is 1150. The van der Waals surface area contributed by atoms with E-state index in [0.29, 0.717) is 47.1 Å². The van der Waals surface area contributed by atoms with Crippen molar-refractivity contribution in [2.24, 2.45) is 0 Å². The summed E-state index contributed by atoms with van der Waals surface area (Å²) < 4.78 is 0. The lowest BCUT2D eigenvalue weighted by atomic mass is 10.1. The summed E-state index contributed by atoms with van der Waals surface area (Å²) in [6.45, 7) is 2.79. The minimum absolute atomic E-state index is 0.152. The summed E-state index contributed by atoms with van der Waals surface area (Å²) in [4.78, 5) is 32.0. The van der Waals surface area contributed by atoms with Crippen molar-refractivity contribution in [1.29, 1.82) is 0 Å². The first-order valence-corrected chi connectivity index (χ1v) is 9.96. The molecule has 2 aromatic carbocycles. The Morgan fingerprint density at radius 3 is 2.67 bits per heavy atom. The van der Waals surface area contributed by atoms with Crippen LogP contribution < -0.4 is 5.73 Å². The topological polar surface area (TPSA) is 99.8 Å². The second kappa shape index (κ2) is 7.84. The molecule has 4 rings (SSSR count). The number of pyridine rings is 1. The molecular weight excluding hydrogens is 404 g/mol. The summed E-state index contributed by atoms with van der Waals surface area (Å²) in [5, 5.41) is 10.5. The smallest absolute Gasteiger partial charge is 0.407 e. The highest BCUT2D eigenvalue weighted by molar-refractivity contribution is 6.35. The van der Waals surface area contributed by atoms with Gasteiger partial charge in [-0.1, -0.05) is 29.8 Å². The quantitative estimate of drug-likeness (QED) is 0.606. The molecule has 1 aliphatic heterocycles. The normalized spacial score (nSPS) is 16.7. The number of nitrogen functional groups attached to an aromatic ring is 1. The van der Waals surface area contributed by atoms with E-state index in [1.165, 1.54) is 4.90 Å². The summed E-state index contributed by atoms with van der Waals surface area (Å²) in [6.07, 6.45) is -0.965. The van der Waals surface area contributed by atoms with E-state index >= 15 is 0 Å². The fourth-order valence-electron chi connectivity index (χ4n) is 3.77. The number of anilines is 1. The first-order valence-electron chi connectivity index (χ1n) is 9.58. The summed E-state index contributed by atoms with van der Waals surface area (Å²) in [7, 11) is 0. The molecule has 8 heteroatoms. The number of hydrogen-bond donors (Lipinski definition) is 2. The maximum atomic E-state index is 13.0. The molecule has 2 amide bonds. The summed E-state index contributed by atoms with van der Waals surface area (Å²) in [6, 6.07) is 14.1. The average molecular weight is 425 g/mol. The number of carbonyl (C=O) groups is 2. The molecule has 0 aliphatic carbocycles. The van der Waals surface area contributed by atoms with Crippen molar-refractivity contribution >= 4 is 40.2 Å². The van der Waals surface area contributed by atoms with Gasteiger partial charge in [-0.25, -0.2) is 9.78 Å². The van der Waals surface area contributed by atoms with Gasteiger partial charge < -0.3 is 20.6 Å². The number of benzene rings is 2. The predicted octanol–water partition coefficient (Wildman–Crippen LogP) is 3.96. The van der Waals surface area contributed by atoms with Gasteiger partial charge in [0.15, 0.2) is 0 Å². The van der Waals surface area contributed by atoms with Crippen molar-refractivity contribution in [3.8, 4) is 11.3 Å². The van der Waals surface area contributed by atoms with Gasteiger partial charge in [-0.2, -0.15) is 0 Å². The molecule has 3 aromatic rings. The maximum Gasteiger partial charge on any atom is 0.407 e. The summed E-state index contributed by atoms with van der Waals surface area (Å²) >= 11 is 6.47. The average Bonchev–Trinajstić information content (AvgIpc) is 2.72. The second-order valence-corrected chi connectivity index (χ2v) is 7.83. The SMILES string of the molecule is C[C@@H]1CN(C(=O)c2ccc3c(Cl)cc(-c4cccc(N)c4)nc3c2)CCN1C(=O)O. The Kier molecular flexibility index (Phi) is 5.22. The number of piperazine rings is 1. The van der Waals surface area contributed by atoms with Gasteiger partial charge in [-0.05, 0) is 37.3 Å². The number of rotatable bonds is 2. The molecule has 1 fully saturated rings. The van der Waals surface area contributed by atoms with Crippen LogP contribution in [0.5, 0.6) is 0 Å². The van der Waals surface area contributed by atoms with Crippen LogP contribution in [0.25, 0.3) is 22.2 Å². The molecule has 30 heavy (non-hydrogen) atoms. The van der Waals surface area contributed by atoms with Gasteiger partial charge in [-0.3, -0.25) is 4.79 Å². The van der Waals surface area contributed by atoms with Crippen LogP contribution in [0, 0.1) is 0 Å². The monoisotopic (exact) mass is 424 g/mol. The van der Waals surface area contributed by atoms with E-state index in [1.54, 1.807) is 42.2 Å². The molecular formula is C22H21ClN4O3.